The Morgan fingerprint density at radius 1 is 1.18 bits per heavy atom. The van der Waals surface area contributed by atoms with Crippen molar-refractivity contribution in [3.8, 4) is 0 Å². The quantitative estimate of drug-likeness (QED) is 0.896. The SMILES string of the molecule is CC[C@H](C)c1ccc([C@H](C)NC(=O)c2c(C)noc2C)cc1. The molecule has 0 saturated heterocycles. The minimum absolute atomic E-state index is 0.0628. The third kappa shape index (κ3) is 3.38. The first-order chi connectivity index (χ1) is 10.4. The molecule has 1 aromatic heterocycles. The van der Waals surface area contributed by atoms with Crippen molar-refractivity contribution in [2.24, 2.45) is 0 Å². The molecule has 0 aliphatic rings. The Morgan fingerprint density at radius 3 is 2.27 bits per heavy atom. The molecule has 4 nitrogen and oxygen atoms in total. The van der Waals surface area contributed by atoms with E-state index in [1.165, 1.54) is 5.56 Å². The van der Waals surface area contributed by atoms with E-state index >= 15 is 0 Å². The fraction of sp³-hybridized carbons (Fsp3) is 0.444. The molecular formula is C18H24N2O2. The molecule has 0 aliphatic carbocycles. The van der Waals surface area contributed by atoms with Gasteiger partial charge >= 0.3 is 0 Å². The highest BCUT2D eigenvalue weighted by Gasteiger charge is 2.19. The van der Waals surface area contributed by atoms with Crippen LogP contribution in [0.1, 0.15) is 72.1 Å². The first kappa shape index (κ1) is 16.3. The number of aryl methyl sites for hydroxylation is 2. The van der Waals surface area contributed by atoms with Crippen molar-refractivity contribution in [3.05, 3.63) is 52.4 Å². The van der Waals surface area contributed by atoms with E-state index < -0.39 is 0 Å². The van der Waals surface area contributed by atoms with Gasteiger partial charge in [0.25, 0.3) is 5.91 Å². The summed E-state index contributed by atoms with van der Waals surface area (Å²) >= 11 is 0. The zero-order valence-electron chi connectivity index (χ0n) is 13.9. The van der Waals surface area contributed by atoms with Crippen LogP contribution in [0.3, 0.4) is 0 Å². The largest absolute Gasteiger partial charge is 0.361 e. The first-order valence-corrected chi connectivity index (χ1v) is 7.77. The number of carbonyl (C=O) groups excluding carboxylic acids is 1. The summed E-state index contributed by atoms with van der Waals surface area (Å²) in [6.45, 7) is 9.91. The van der Waals surface area contributed by atoms with Crippen LogP contribution in [0, 0.1) is 13.8 Å². The Labute approximate surface area is 131 Å². The number of carbonyl (C=O) groups is 1. The van der Waals surface area contributed by atoms with Crippen molar-refractivity contribution in [3.63, 3.8) is 0 Å². The number of aromatic nitrogens is 1. The van der Waals surface area contributed by atoms with E-state index in [0.717, 1.165) is 12.0 Å². The highest BCUT2D eigenvalue weighted by molar-refractivity contribution is 5.96. The molecule has 4 heteroatoms. The number of rotatable bonds is 5. The minimum atomic E-state index is -0.144. The molecule has 0 spiro atoms. The number of benzene rings is 1. The maximum atomic E-state index is 12.3. The Kier molecular flexibility index (Phi) is 5.01. The second-order valence-electron chi connectivity index (χ2n) is 5.87. The summed E-state index contributed by atoms with van der Waals surface area (Å²) < 4.78 is 5.05. The standard InChI is InChI=1S/C18H24N2O2/c1-6-11(2)15-7-9-16(10-8-15)12(3)19-18(21)17-13(4)20-22-14(17)5/h7-12H,6H2,1-5H3,(H,19,21)/t11-,12-/m0/s1. The maximum absolute atomic E-state index is 12.3. The number of hydrogen-bond acceptors (Lipinski definition) is 3. The second-order valence-corrected chi connectivity index (χ2v) is 5.87. The number of hydrogen-bond donors (Lipinski definition) is 1. The Hall–Kier alpha value is -2.10. The van der Waals surface area contributed by atoms with E-state index in [0.29, 0.717) is 22.9 Å². The molecule has 0 saturated carbocycles. The van der Waals surface area contributed by atoms with Crippen LogP contribution in [0.2, 0.25) is 0 Å². The van der Waals surface area contributed by atoms with Gasteiger partial charge in [0.2, 0.25) is 0 Å². The van der Waals surface area contributed by atoms with Gasteiger partial charge in [-0.2, -0.15) is 0 Å². The second kappa shape index (κ2) is 6.77. The minimum Gasteiger partial charge on any atom is -0.361 e. The fourth-order valence-corrected chi connectivity index (χ4v) is 2.51. The van der Waals surface area contributed by atoms with Crippen LogP contribution in [0.25, 0.3) is 0 Å². The molecule has 0 aliphatic heterocycles. The lowest BCUT2D eigenvalue weighted by Crippen LogP contribution is -2.27. The molecule has 2 aromatic rings. The Balaban J connectivity index is 2.09. The molecule has 2 atom stereocenters. The van der Waals surface area contributed by atoms with Gasteiger partial charge in [0.05, 0.1) is 11.7 Å². The molecule has 0 bridgehead atoms. The molecule has 22 heavy (non-hydrogen) atoms. The van der Waals surface area contributed by atoms with Crippen LogP contribution in [-0.4, -0.2) is 11.1 Å². The van der Waals surface area contributed by atoms with Gasteiger partial charge in [-0.3, -0.25) is 4.79 Å². The zero-order chi connectivity index (χ0) is 16.3. The van der Waals surface area contributed by atoms with Crippen molar-refractivity contribution in [1.82, 2.24) is 10.5 Å². The zero-order valence-corrected chi connectivity index (χ0v) is 13.9. The lowest BCUT2D eigenvalue weighted by atomic mass is 9.96. The summed E-state index contributed by atoms with van der Waals surface area (Å²) in [7, 11) is 0. The van der Waals surface area contributed by atoms with Gasteiger partial charge in [-0.1, -0.05) is 43.3 Å². The molecule has 118 valence electrons. The predicted molar refractivity (Wildman–Crippen MR) is 87.0 cm³/mol. The van der Waals surface area contributed by atoms with Crippen LogP contribution in [0.15, 0.2) is 28.8 Å². The molecule has 2 rings (SSSR count). The van der Waals surface area contributed by atoms with Crippen LogP contribution in [-0.2, 0) is 0 Å². The van der Waals surface area contributed by atoms with Gasteiger partial charge in [-0.05, 0) is 44.2 Å². The molecule has 1 heterocycles. The van der Waals surface area contributed by atoms with Crippen LogP contribution in [0.4, 0.5) is 0 Å². The smallest absolute Gasteiger partial charge is 0.257 e. The van der Waals surface area contributed by atoms with E-state index in [1.54, 1.807) is 13.8 Å². The third-order valence-electron chi connectivity index (χ3n) is 4.23. The van der Waals surface area contributed by atoms with Gasteiger partial charge in [0.15, 0.2) is 0 Å². The van der Waals surface area contributed by atoms with Crippen molar-refractivity contribution >= 4 is 5.91 Å². The molecule has 0 unspecified atom stereocenters. The van der Waals surface area contributed by atoms with Crippen molar-refractivity contribution in [2.45, 2.75) is 53.0 Å². The summed E-state index contributed by atoms with van der Waals surface area (Å²) in [5.41, 5.74) is 3.57. The topological polar surface area (TPSA) is 55.1 Å². The Bertz CT molecular complexity index is 624. The molecule has 0 radical (unpaired) electrons. The summed E-state index contributed by atoms with van der Waals surface area (Å²) in [5, 5.41) is 6.83. The summed E-state index contributed by atoms with van der Waals surface area (Å²) in [6.07, 6.45) is 1.12. The highest BCUT2D eigenvalue weighted by atomic mass is 16.5. The van der Waals surface area contributed by atoms with Crippen LogP contribution in [0.5, 0.6) is 0 Å². The Morgan fingerprint density at radius 2 is 1.77 bits per heavy atom. The first-order valence-electron chi connectivity index (χ1n) is 7.77. The number of amides is 1. The summed E-state index contributed by atoms with van der Waals surface area (Å²) in [6, 6.07) is 8.39. The number of nitrogens with one attached hydrogen (secondary N) is 1. The normalized spacial score (nSPS) is 13.7. The highest BCUT2D eigenvalue weighted by Crippen LogP contribution is 2.22. The lowest BCUT2D eigenvalue weighted by molar-refractivity contribution is 0.0938. The van der Waals surface area contributed by atoms with Gasteiger partial charge in [0, 0.05) is 0 Å². The summed E-state index contributed by atoms with van der Waals surface area (Å²) in [4.78, 5) is 12.3. The third-order valence-corrected chi connectivity index (χ3v) is 4.23. The van der Waals surface area contributed by atoms with Gasteiger partial charge in [-0.15, -0.1) is 0 Å². The molecule has 1 amide bonds. The van der Waals surface area contributed by atoms with Crippen molar-refractivity contribution in [2.75, 3.05) is 0 Å². The molecule has 1 aromatic carbocycles. The average Bonchev–Trinajstić information content (AvgIpc) is 2.85. The molecule has 1 N–H and O–H groups in total. The lowest BCUT2D eigenvalue weighted by Gasteiger charge is -2.16. The predicted octanol–water partition coefficient (Wildman–Crippen LogP) is 4.30. The van der Waals surface area contributed by atoms with Gasteiger partial charge < -0.3 is 9.84 Å². The van der Waals surface area contributed by atoms with Crippen molar-refractivity contribution < 1.29 is 9.32 Å². The van der Waals surface area contributed by atoms with Gasteiger partial charge in [-0.25, -0.2) is 0 Å². The van der Waals surface area contributed by atoms with E-state index in [4.69, 9.17) is 4.52 Å². The van der Waals surface area contributed by atoms with Crippen LogP contribution >= 0.6 is 0 Å². The monoisotopic (exact) mass is 300 g/mol. The van der Waals surface area contributed by atoms with Gasteiger partial charge in [0.1, 0.15) is 11.3 Å². The summed E-state index contributed by atoms with van der Waals surface area (Å²) in [5.74, 6) is 0.963. The average molecular weight is 300 g/mol. The maximum Gasteiger partial charge on any atom is 0.257 e. The van der Waals surface area contributed by atoms with E-state index in [1.807, 2.05) is 6.92 Å². The fourth-order valence-electron chi connectivity index (χ4n) is 2.51. The molecular weight excluding hydrogens is 276 g/mol. The molecule has 0 fully saturated rings. The van der Waals surface area contributed by atoms with E-state index in [2.05, 4.69) is 48.6 Å². The van der Waals surface area contributed by atoms with Crippen LogP contribution < -0.4 is 5.32 Å². The number of nitrogens with zero attached hydrogens (tertiary/aromatic N) is 1. The van der Waals surface area contributed by atoms with Crippen molar-refractivity contribution in [1.29, 1.82) is 0 Å². The van der Waals surface area contributed by atoms with E-state index in [-0.39, 0.29) is 11.9 Å². The van der Waals surface area contributed by atoms with E-state index in [9.17, 15) is 4.79 Å².